The molecule has 0 unspecified atom stereocenters. The van der Waals surface area contributed by atoms with Gasteiger partial charge < -0.3 is 0 Å². The Hall–Kier alpha value is -1.52. The van der Waals surface area contributed by atoms with E-state index in [9.17, 15) is 9.18 Å². The Morgan fingerprint density at radius 2 is 2.05 bits per heavy atom. The number of carbonyl (C=O) groups excluding carboxylic acids is 1. The molecule has 0 radical (unpaired) electrons. The molecule has 0 atom stereocenters. The summed E-state index contributed by atoms with van der Waals surface area (Å²) in [5, 5.41) is 2.06. The maximum absolute atomic E-state index is 13.6. The van der Waals surface area contributed by atoms with E-state index in [1.165, 1.54) is 23.8 Å². The van der Waals surface area contributed by atoms with Gasteiger partial charge in [0.25, 0.3) is 0 Å². The number of benzene rings is 1. The van der Waals surface area contributed by atoms with E-state index in [1.807, 2.05) is 6.07 Å². The van der Waals surface area contributed by atoms with Crippen molar-refractivity contribution in [2.45, 2.75) is 31.8 Å². The van der Waals surface area contributed by atoms with Gasteiger partial charge >= 0.3 is 0 Å². The molecule has 21 heavy (non-hydrogen) atoms. The van der Waals surface area contributed by atoms with E-state index in [4.69, 9.17) is 0 Å². The molecule has 1 fully saturated rings. The van der Waals surface area contributed by atoms with Gasteiger partial charge in [-0.2, -0.15) is 0 Å². The lowest BCUT2D eigenvalue weighted by Gasteiger charge is -2.20. The van der Waals surface area contributed by atoms with E-state index in [1.54, 1.807) is 29.5 Å². The molecule has 0 amide bonds. The Kier molecular flexibility index (Phi) is 4.46. The van der Waals surface area contributed by atoms with Crippen molar-refractivity contribution in [1.29, 1.82) is 0 Å². The van der Waals surface area contributed by atoms with Crippen molar-refractivity contribution < 1.29 is 9.18 Å². The highest BCUT2D eigenvalue weighted by atomic mass is 32.1. The summed E-state index contributed by atoms with van der Waals surface area (Å²) in [4.78, 5) is 15.7. The number of hydrogen-bond donors (Lipinski definition) is 0. The zero-order valence-electron chi connectivity index (χ0n) is 11.8. The predicted molar refractivity (Wildman–Crippen MR) is 82.9 cm³/mol. The van der Waals surface area contributed by atoms with Crippen LogP contribution in [0.4, 0.5) is 4.39 Å². The second kappa shape index (κ2) is 6.50. The zero-order chi connectivity index (χ0) is 14.7. The van der Waals surface area contributed by atoms with Crippen LogP contribution in [0.2, 0.25) is 0 Å². The Bertz CT molecular complexity index is 607. The fourth-order valence-electron chi connectivity index (χ4n) is 2.49. The number of hydrogen-bond acceptors (Lipinski definition) is 3. The number of thiophene rings is 1. The highest BCUT2D eigenvalue weighted by molar-refractivity contribution is 7.09. The smallest absolute Gasteiger partial charge is 0.151 e. The lowest BCUT2D eigenvalue weighted by molar-refractivity contribution is -0.119. The van der Waals surface area contributed by atoms with Gasteiger partial charge in [0.2, 0.25) is 0 Å². The van der Waals surface area contributed by atoms with Crippen LogP contribution in [0.1, 0.15) is 23.3 Å². The maximum atomic E-state index is 13.6. The van der Waals surface area contributed by atoms with Crippen molar-refractivity contribution in [3.8, 4) is 0 Å². The van der Waals surface area contributed by atoms with Crippen LogP contribution in [-0.2, 0) is 17.8 Å². The third-order valence-electron chi connectivity index (χ3n) is 3.73. The van der Waals surface area contributed by atoms with Crippen molar-refractivity contribution in [3.05, 3.63) is 58.0 Å². The second-order valence-electron chi connectivity index (χ2n) is 5.52. The highest BCUT2D eigenvalue weighted by Crippen LogP contribution is 2.29. The normalized spacial score (nSPS) is 14.6. The van der Waals surface area contributed by atoms with E-state index < -0.39 is 0 Å². The van der Waals surface area contributed by atoms with Crippen LogP contribution >= 0.6 is 11.3 Å². The fourth-order valence-corrected chi connectivity index (χ4v) is 3.22. The monoisotopic (exact) mass is 303 g/mol. The summed E-state index contributed by atoms with van der Waals surface area (Å²) in [6.45, 7) is 1.24. The lowest BCUT2D eigenvalue weighted by atomic mass is 10.1. The van der Waals surface area contributed by atoms with Crippen LogP contribution in [0.3, 0.4) is 0 Å². The number of halogens is 1. The Balaban J connectivity index is 1.60. The predicted octanol–water partition coefficient (Wildman–Crippen LogP) is 3.66. The van der Waals surface area contributed by atoms with Crippen molar-refractivity contribution in [3.63, 3.8) is 0 Å². The van der Waals surface area contributed by atoms with Gasteiger partial charge in [0.15, 0.2) is 5.78 Å². The first-order chi connectivity index (χ1) is 10.2. The molecular formula is C17H18FNOS. The topological polar surface area (TPSA) is 20.3 Å². The molecule has 4 heteroatoms. The summed E-state index contributed by atoms with van der Waals surface area (Å²) in [6, 6.07) is 11.2. The summed E-state index contributed by atoms with van der Waals surface area (Å²) < 4.78 is 13.6. The van der Waals surface area contributed by atoms with Crippen molar-refractivity contribution in [2.24, 2.45) is 0 Å². The fraction of sp³-hybridized carbons (Fsp3) is 0.353. The largest absolute Gasteiger partial charge is 0.298 e. The average molecular weight is 303 g/mol. The lowest BCUT2D eigenvalue weighted by Crippen LogP contribution is -2.32. The second-order valence-corrected chi connectivity index (χ2v) is 6.55. The van der Waals surface area contributed by atoms with Crippen molar-refractivity contribution in [2.75, 3.05) is 6.54 Å². The molecule has 1 heterocycles. The van der Waals surface area contributed by atoms with Crippen LogP contribution in [-0.4, -0.2) is 23.3 Å². The summed E-state index contributed by atoms with van der Waals surface area (Å²) >= 11 is 1.72. The number of carbonyl (C=O) groups is 1. The van der Waals surface area contributed by atoms with Crippen LogP contribution in [0.15, 0.2) is 41.8 Å². The molecule has 1 aromatic carbocycles. The average Bonchev–Trinajstić information content (AvgIpc) is 3.19. The standard InChI is InChI=1S/C17H18FNOS/c18-17-6-2-1-4-13(17)10-15(20)11-19(14-7-8-14)12-16-5-3-9-21-16/h1-6,9,14H,7-8,10-12H2. The molecule has 0 saturated heterocycles. The molecule has 1 aromatic heterocycles. The molecule has 1 saturated carbocycles. The third kappa shape index (κ3) is 3.99. The Labute approximate surface area is 128 Å². The Morgan fingerprint density at radius 3 is 2.71 bits per heavy atom. The number of Topliss-reactive ketones (excluding diaryl/α,β-unsaturated/α-hetero) is 1. The first kappa shape index (κ1) is 14.4. The molecule has 1 aliphatic carbocycles. The van der Waals surface area contributed by atoms with Crippen LogP contribution in [0, 0.1) is 5.82 Å². The summed E-state index contributed by atoms with van der Waals surface area (Å²) in [5.41, 5.74) is 0.495. The molecule has 3 rings (SSSR count). The van der Waals surface area contributed by atoms with Crippen molar-refractivity contribution in [1.82, 2.24) is 4.90 Å². The molecule has 110 valence electrons. The van der Waals surface area contributed by atoms with Gasteiger partial charge in [-0.05, 0) is 35.9 Å². The minimum Gasteiger partial charge on any atom is -0.298 e. The van der Waals surface area contributed by atoms with Gasteiger partial charge in [-0.25, -0.2) is 4.39 Å². The van der Waals surface area contributed by atoms with Crippen LogP contribution in [0.5, 0.6) is 0 Å². The molecule has 2 nitrogen and oxygen atoms in total. The summed E-state index contributed by atoms with van der Waals surface area (Å²) in [6.07, 6.45) is 2.51. The minimum atomic E-state index is -0.290. The molecule has 0 bridgehead atoms. The maximum Gasteiger partial charge on any atom is 0.151 e. The number of nitrogens with zero attached hydrogens (tertiary/aromatic N) is 1. The van der Waals surface area contributed by atoms with Gasteiger partial charge in [-0.3, -0.25) is 9.69 Å². The molecule has 2 aromatic rings. The summed E-state index contributed by atoms with van der Waals surface area (Å²) in [7, 11) is 0. The molecule has 1 aliphatic rings. The first-order valence-corrected chi connectivity index (χ1v) is 8.12. The molecule has 0 spiro atoms. The molecular weight excluding hydrogens is 285 g/mol. The third-order valence-corrected chi connectivity index (χ3v) is 4.59. The van der Waals surface area contributed by atoms with Gasteiger partial charge in [0.1, 0.15) is 5.82 Å². The van der Waals surface area contributed by atoms with Gasteiger partial charge in [-0.15, -0.1) is 11.3 Å². The van der Waals surface area contributed by atoms with Crippen LogP contribution in [0.25, 0.3) is 0 Å². The quantitative estimate of drug-likeness (QED) is 0.778. The SMILES string of the molecule is O=C(Cc1ccccc1F)CN(Cc1cccs1)C1CC1. The number of ketones is 1. The molecule has 0 aliphatic heterocycles. The van der Waals surface area contributed by atoms with Crippen molar-refractivity contribution >= 4 is 17.1 Å². The number of rotatable bonds is 7. The zero-order valence-corrected chi connectivity index (χ0v) is 12.6. The van der Waals surface area contributed by atoms with E-state index in [-0.39, 0.29) is 18.0 Å². The van der Waals surface area contributed by atoms with Crippen LogP contribution < -0.4 is 0 Å². The van der Waals surface area contributed by atoms with E-state index >= 15 is 0 Å². The minimum absolute atomic E-state index is 0.0866. The Morgan fingerprint density at radius 1 is 1.24 bits per heavy atom. The van der Waals surface area contributed by atoms with E-state index in [0.717, 1.165) is 6.54 Å². The first-order valence-electron chi connectivity index (χ1n) is 7.24. The van der Waals surface area contributed by atoms with Gasteiger partial charge in [0, 0.05) is 23.9 Å². The summed E-state index contributed by atoms with van der Waals surface area (Å²) in [5.74, 6) is -0.203. The highest BCUT2D eigenvalue weighted by Gasteiger charge is 2.30. The van der Waals surface area contributed by atoms with Gasteiger partial charge in [-0.1, -0.05) is 24.3 Å². The molecule has 0 N–H and O–H groups in total. The van der Waals surface area contributed by atoms with Gasteiger partial charge in [0.05, 0.1) is 6.54 Å². The van der Waals surface area contributed by atoms with E-state index in [2.05, 4.69) is 16.3 Å². The van der Waals surface area contributed by atoms with E-state index in [0.29, 0.717) is 18.2 Å².